The van der Waals surface area contributed by atoms with Gasteiger partial charge in [-0.1, -0.05) is 6.07 Å². The lowest BCUT2D eigenvalue weighted by atomic mass is 10.0. The monoisotopic (exact) mass is 339 g/mol. The molecule has 4 nitrogen and oxygen atoms in total. The topological polar surface area (TPSA) is 60.2 Å². The molecule has 2 aromatic rings. The van der Waals surface area contributed by atoms with Crippen molar-refractivity contribution in [3.8, 4) is 5.75 Å². The van der Waals surface area contributed by atoms with Crippen LogP contribution in [-0.2, 0) is 6.42 Å². The molecule has 1 atom stereocenters. The van der Waals surface area contributed by atoms with E-state index in [4.69, 9.17) is 10.6 Å². The van der Waals surface area contributed by atoms with Gasteiger partial charge in [-0.2, -0.15) is 0 Å². The molecule has 0 aliphatic carbocycles. The molecule has 0 aliphatic rings. The van der Waals surface area contributed by atoms with Gasteiger partial charge in [-0.3, -0.25) is 16.3 Å². The number of nitrogens with zero attached hydrogens (tertiary/aromatic N) is 1. The normalized spacial score (nSPS) is 12.2. The molecule has 0 spiro atoms. The Morgan fingerprint density at radius 1 is 1.40 bits per heavy atom. The molecule has 106 valence electrons. The van der Waals surface area contributed by atoms with Crippen molar-refractivity contribution in [2.45, 2.75) is 12.5 Å². The SMILES string of the molecule is COc1ccc(C(Cc2ccc(Br)cn2)NN)cc1F. The van der Waals surface area contributed by atoms with Crippen LogP contribution in [0.3, 0.4) is 0 Å². The van der Waals surface area contributed by atoms with E-state index < -0.39 is 5.82 Å². The minimum absolute atomic E-state index is 0.214. The zero-order valence-corrected chi connectivity index (χ0v) is 12.5. The minimum atomic E-state index is -0.408. The second-order valence-corrected chi connectivity index (χ2v) is 5.20. The van der Waals surface area contributed by atoms with Crippen LogP contribution in [0, 0.1) is 5.82 Å². The van der Waals surface area contributed by atoms with Gasteiger partial charge in [-0.25, -0.2) is 4.39 Å². The average molecular weight is 340 g/mol. The Kier molecular flexibility index (Phi) is 5.05. The molecule has 1 aromatic carbocycles. The number of nitrogens with one attached hydrogen (secondary N) is 1. The third-order valence-electron chi connectivity index (χ3n) is 2.98. The number of ether oxygens (including phenoxy) is 1. The lowest BCUT2D eigenvalue weighted by Gasteiger charge is -2.16. The smallest absolute Gasteiger partial charge is 0.165 e. The van der Waals surface area contributed by atoms with Crippen LogP contribution in [0.25, 0.3) is 0 Å². The number of rotatable bonds is 5. The van der Waals surface area contributed by atoms with Crippen molar-refractivity contribution < 1.29 is 9.13 Å². The Bertz CT molecular complexity index is 577. The van der Waals surface area contributed by atoms with Crippen molar-refractivity contribution >= 4 is 15.9 Å². The zero-order chi connectivity index (χ0) is 14.5. The fraction of sp³-hybridized carbons (Fsp3) is 0.214. The second kappa shape index (κ2) is 6.78. The van der Waals surface area contributed by atoms with Crippen LogP contribution in [0.2, 0.25) is 0 Å². The maximum atomic E-state index is 13.7. The molecule has 0 saturated heterocycles. The van der Waals surface area contributed by atoms with Crippen LogP contribution >= 0.6 is 15.9 Å². The molecular formula is C14H15BrFN3O. The molecule has 1 aromatic heterocycles. The van der Waals surface area contributed by atoms with Gasteiger partial charge >= 0.3 is 0 Å². The first-order chi connectivity index (χ1) is 9.63. The molecule has 0 bridgehead atoms. The predicted molar refractivity (Wildman–Crippen MR) is 78.7 cm³/mol. The number of hydrogen-bond donors (Lipinski definition) is 2. The highest BCUT2D eigenvalue weighted by Gasteiger charge is 2.14. The van der Waals surface area contributed by atoms with Gasteiger partial charge in [0.25, 0.3) is 0 Å². The van der Waals surface area contributed by atoms with Gasteiger partial charge in [-0.15, -0.1) is 0 Å². The summed E-state index contributed by atoms with van der Waals surface area (Å²) >= 11 is 3.33. The molecule has 0 fully saturated rings. The van der Waals surface area contributed by atoms with E-state index in [1.54, 1.807) is 18.3 Å². The number of pyridine rings is 1. The maximum absolute atomic E-state index is 13.7. The Balaban J connectivity index is 2.19. The summed E-state index contributed by atoms with van der Waals surface area (Å²) in [4.78, 5) is 4.29. The van der Waals surface area contributed by atoms with Crippen LogP contribution in [0.15, 0.2) is 41.0 Å². The van der Waals surface area contributed by atoms with Crippen molar-refractivity contribution in [1.82, 2.24) is 10.4 Å². The minimum Gasteiger partial charge on any atom is -0.494 e. The lowest BCUT2D eigenvalue weighted by molar-refractivity contribution is 0.385. The number of aromatic nitrogens is 1. The van der Waals surface area contributed by atoms with E-state index in [1.807, 2.05) is 12.1 Å². The summed E-state index contributed by atoms with van der Waals surface area (Å²) in [6.07, 6.45) is 2.28. The molecule has 0 saturated carbocycles. The highest BCUT2D eigenvalue weighted by Crippen LogP contribution is 2.23. The molecule has 0 aliphatic heterocycles. The van der Waals surface area contributed by atoms with Crippen molar-refractivity contribution in [2.75, 3.05) is 7.11 Å². The molecule has 0 amide bonds. The summed E-state index contributed by atoms with van der Waals surface area (Å²) in [5.74, 6) is 5.37. The fourth-order valence-electron chi connectivity index (χ4n) is 1.91. The van der Waals surface area contributed by atoms with Crippen LogP contribution in [0.5, 0.6) is 5.75 Å². The lowest BCUT2D eigenvalue weighted by Crippen LogP contribution is -2.29. The third-order valence-corrected chi connectivity index (χ3v) is 3.45. The summed E-state index contributed by atoms with van der Waals surface area (Å²) in [7, 11) is 1.43. The molecule has 20 heavy (non-hydrogen) atoms. The Morgan fingerprint density at radius 2 is 2.20 bits per heavy atom. The van der Waals surface area contributed by atoms with E-state index in [1.165, 1.54) is 13.2 Å². The summed E-state index contributed by atoms with van der Waals surface area (Å²) in [6.45, 7) is 0. The summed E-state index contributed by atoms with van der Waals surface area (Å²) in [5, 5.41) is 0. The van der Waals surface area contributed by atoms with Gasteiger partial charge in [0.05, 0.1) is 13.2 Å². The summed E-state index contributed by atoms with van der Waals surface area (Å²) in [6, 6.07) is 8.38. The maximum Gasteiger partial charge on any atom is 0.165 e. The molecule has 1 heterocycles. The Hall–Kier alpha value is -1.50. The highest BCUT2D eigenvalue weighted by atomic mass is 79.9. The standard InChI is InChI=1S/C14H15BrFN3O/c1-20-14-5-2-9(6-12(14)16)13(19-17)7-11-4-3-10(15)8-18-11/h2-6,8,13,19H,7,17H2,1H3. The van der Waals surface area contributed by atoms with E-state index in [0.29, 0.717) is 6.42 Å². The summed E-state index contributed by atoms with van der Waals surface area (Å²) in [5.41, 5.74) is 4.30. The molecule has 6 heteroatoms. The van der Waals surface area contributed by atoms with Gasteiger partial charge in [0, 0.05) is 22.8 Å². The van der Waals surface area contributed by atoms with Crippen LogP contribution in [0.1, 0.15) is 17.3 Å². The fourth-order valence-corrected chi connectivity index (χ4v) is 2.14. The van der Waals surface area contributed by atoms with Crippen LogP contribution < -0.4 is 16.0 Å². The average Bonchev–Trinajstić information content (AvgIpc) is 2.46. The third kappa shape index (κ3) is 3.53. The quantitative estimate of drug-likeness (QED) is 0.649. The highest BCUT2D eigenvalue weighted by molar-refractivity contribution is 9.10. The van der Waals surface area contributed by atoms with Crippen molar-refractivity contribution in [2.24, 2.45) is 5.84 Å². The zero-order valence-electron chi connectivity index (χ0n) is 10.9. The number of hydrazine groups is 1. The predicted octanol–water partition coefficient (Wildman–Crippen LogP) is 2.74. The number of methoxy groups -OCH3 is 1. The first-order valence-electron chi connectivity index (χ1n) is 6.04. The number of halogens is 2. The number of benzene rings is 1. The molecule has 2 rings (SSSR count). The summed E-state index contributed by atoms with van der Waals surface area (Å²) < 4.78 is 19.5. The number of hydrogen-bond acceptors (Lipinski definition) is 4. The van der Waals surface area contributed by atoms with Crippen molar-refractivity contribution in [3.63, 3.8) is 0 Å². The van der Waals surface area contributed by atoms with E-state index in [9.17, 15) is 4.39 Å². The molecular weight excluding hydrogens is 325 g/mol. The van der Waals surface area contributed by atoms with Crippen molar-refractivity contribution in [1.29, 1.82) is 0 Å². The molecule has 0 radical (unpaired) electrons. The Labute approximate surface area is 125 Å². The van der Waals surface area contributed by atoms with Gasteiger partial charge in [-0.05, 0) is 45.8 Å². The van der Waals surface area contributed by atoms with Gasteiger partial charge < -0.3 is 4.74 Å². The van der Waals surface area contributed by atoms with Crippen LogP contribution in [0.4, 0.5) is 4.39 Å². The van der Waals surface area contributed by atoms with Crippen molar-refractivity contribution in [3.05, 3.63) is 58.1 Å². The van der Waals surface area contributed by atoms with E-state index in [-0.39, 0.29) is 11.8 Å². The van der Waals surface area contributed by atoms with Gasteiger partial charge in [0.15, 0.2) is 11.6 Å². The van der Waals surface area contributed by atoms with Crippen LogP contribution in [-0.4, -0.2) is 12.1 Å². The van der Waals surface area contributed by atoms with E-state index >= 15 is 0 Å². The van der Waals surface area contributed by atoms with E-state index in [2.05, 4.69) is 26.3 Å². The second-order valence-electron chi connectivity index (χ2n) is 4.29. The van der Waals surface area contributed by atoms with Gasteiger partial charge in [0.1, 0.15) is 0 Å². The van der Waals surface area contributed by atoms with E-state index in [0.717, 1.165) is 15.7 Å². The van der Waals surface area contributed by atoms with Gasteiger partial charge in [0.2, 0.25) is 0 Å². The number of nitrogens with two attached hydrogens (primary N) is 1. The molecule has 1 unspecified atom stereocenters. The largest absolute Gasteiger partial charge is 0.494 e. The first-order valence-corrected chi connectivity index (χ1v) is 6.83. The first kappa shape index (κ1) is 14.9. The molecule has 3 N–H and O–H groups in total. The Morgan fingerprint density at radius 3 is 2.75 bits per heavy atom.